The van der Waals surface area contributed by atoms with Gasteiger partial charge in [-0.2, -0.15) is 5.10 Å². The van der Waals surface area contributed by atoms with Crippen LogP contribution < -0.4 is 10.6 Å². The van der Waals surface area contributed by atoms with Crippen LogP contribution >= 0.6 is 0 Å². The lowest BCUT2D eigenvalue weighted by Crippen LogP contribution is -2.25. The summed E-state index contributed by atoms with van der Waals surface area (Å²) in [5, 5.41) is 10.2. The molecule has 2 N–H and O–H groups in total. The summed E-state index contributed by atoms with van der Waals surface area (Å²) in [5.41, 5.74) is 2.48. The van der Waals surface area contributed by atoms with Gasteiger partial charge < -0.3 is 10.6 Å². The maximum atomic E-state index is 12.2. The summed E-state index contributed by atoms with van der Waals surface area (Å²) in [7, 11) is 1.86. The number of hydrogen-bond acceptors (Lipinski definition) is 3. The fraction of sp³-hybridized carbons (Fsp3) is 0.286. The Morgan fingerprint density at radius 1 is 1.32 bits per heavy atom. The number of carbonyl (C=O) groups is 1. The molecule has 0 fully saturated rings. The maximum Gasteiger partial charge on any atom is 0.253 e. The van der Waals surface area contributed by atoms with Crippen molar-refractivity contribution in [2.24, 2.45) is 7.05 Å². The van der Waals surface area contributed by atoms with Crippen LogP contribution in [0.25, 0.3) is 0 Å². The van der Waals surface area contributed by atoms with Gasteiger partial charge >= 0.3 is 0 Å². The van der Waals surface area contributed by atoms with E-state index in [0.29, 0.717) is 12.1 Å². The molecule has 0 aliphatic carbocycles. The number of carbonyl (C=O) groups excluding carboxylic acids is 1. The molecule has 1 amide bonds. The second kappa shape index (κ2) is 6.04. The van der Waals surface area contributed by atoms with Gasteiger partial charge in [-0.1, -0.05) is 12.1 Å². The van der Waals surface area contributed by atoms with Gasteiger partial charge in [0.1, 0.15) is 0 Å². The zero-order chi connectivity index (χ0) is 13.7. The molecular weight excluding hydrogens is 240 g/mol. The van der Waals surface area contributed by atoms with Crippen LogP contribution in [0.3, 0.4) is 0 Å². The third-order valence-corrected chi connectivity index (χ3v) is 2.89. The lowest BCUT2D eigenvalue weighted by atomic mass is 10.1. The number of rotatable bonds is 5. The Balaban J connectivity index is 2.06. The minimum atomic E-state index is -0.0854. The quantitative estimate of drug-likeness (QED) is 0.859. The second-order valence-electron chi connectivity index (χ2n) is 4.20. The largest absolute Gasteiger partial charge is 0.385 e. The van der Waals surface area contributed by atoms with Crippen molar-refractivity contribution in [1.82, 2.24) is 15.1 Å². The number of aromatic nitrogens is 2. The second-order valence-corrected chi connectivity index (χ2v) is 4.20. The Labute approximate surface area is 112 Å². The first kappa shape index (κ1) is 13.1. The lowest BCUT2D eigenvalue weighted by Gasteiger charge is -2.11. The van der Waals surface area contributed by atoms with E-state index < -0.39 is 0 Å². The number of anilines is 1. The van der Waals surface area contributed by atoms with E-state index in [1.165, 1.54) is 0 Å². The summed E-state index contributed by atoms with van der Waals surface area (Å²) in [6, 6.07) is 9.38. The molecular formula is C14H18N4O. The highest BCUT2D eigenvalue weighted by molar-refractivity contribution is 5.99. The van der Waals surface area contributed by atoms with Crippen LogP contribution in [0.2, 0.25) is 0 Å². The van der Waals surface area contributed by atoms with E-state index in [1.54, 1.807) is 10.9 Å². The number of benzene rings is 1. The van der Waals surface area contributed by atoms with Crippen molar-refractivity contribution in [3.05, 3.63) is 47.8 Å². The molecule has 0 aliphatic heterocycles. The summed E-state index contributed by atoms with van der Waals surface area (Å²) >= 11 is 0. The van der Waals surface area contributed by atoms with Crippen LogP contribution in [-0.2, 0) is 13.6 Å². The highest BCUT2D eigenvalue weighted by atomic mass is 16.1. The molecule has 1 aromatic heterocycles. The number of nitrogens with zero attached hydrogens (tertiary/aromatic N) is 2. The van der Waals surface area contributed by atoms with Crippen molar-refractivity contribution in [2.45, 2.75) is 13.5 Å². The first-order chi connectivity index (χ1) is 9.22. The number of amides is 1. The zero-order valence-corrected chi connectivity index (χ0v) is 11.2. The van der Waals surface area contributed by atoms with Gasteiger partial charge in [0.2, 0.25) is 0 Å². The summed E-state index contributed by atoms with van der Waals surface area (Å²) < 4.78 is 1.75. The van der Waals surface area contributed by atoms with Gasteiger partial charge in [0.25, 0.3) is 5.91 Å². The van der Waals surface area contributed by atoms with Crippen LogP contribution in [-0.4, -0.2) is 22.2 Å². The van der Waals surface area contributed by atoms with Gasteiger partial charge in [0, 0.05) is 25.5 Å². The summed E-state index contributed by atoms with van der Waals surface area (Å²) in [4.78, 5) is 12.2. The highest BCUT2D eigenvalue weighted by Gasteiger charge is 2.10. The minimum absolute atomic E-state index is 0.0854. The van der Waals surface area contributed by atoms with Gasteiger partial charge in [-0.05, 0) is 25.1 Å². The van der Waals surface area contributed by atoms with E-state index in [9.17, 15) is 4.79 Å². The standard InChI is InChI=1S/C14H18N4O/c1-3-15-13-7-5-4-6-12(13)14(19)16-10-11-8-9-17-18(11)2/h4-9,15H,3,10H2,1-2H3,(H,16,19). The molecule has 2 rings (SSSR count). The molecule has 0 aliphatic rings. The van der Waals surface area contributed by atoms with Crippen molar-refractivity contribution >= 4 is 11.6 Å². The van der Waals surface area contributed by atoms with Gasteiger partial charge in [-0.3, -0.25) is 9.48 Å². The van der Waals surface area contributed by atoms with Crippen LogP contribution in [0.4, 0.5) is 5.69 Å². The number of para-hydroxylation sites is 1. The van der Waals surface area contributed by atoms with E-state index in [-0.39, 0.29) is 5.91 Å². The summed E-state index contributed by atoms with van der Waals surface area (Å²) in [5.74, 6) is -0.0854. The van der Waals surface area contributed by atoms with Crippen LogP contribution in [0.1, 0.15) is 23.0 Å². The van der Waals surface area contributed by atoms with Gasteiger partial charge in [0.15, 0.2) is 0 Å². The number of aryl methyl sites for hydroxylation is 1. The SMILES string of the molecule is CCNc1ccccc1C(=O)NCc1ccnn1C. The Kier molecular flexibility index (Phi) is 4.18. The highest BCUT2D eigenvalue weighted by Crippen LogP contribution is 2.14. The fourth-order valence-electron chi connectivity index (χ4n) is 1.87. The van der Waals surface area contributed by atoms with E-state index in [2.05, 4.69) is 15.7 Å². The third kappa shape index (κ3) is 3.13. The number of nitrogens with one attached hydrogen (secondary N) is 2. The van der Waals surface area contributed by atoms with Crippen molar-refractivity contribution < 1.29 is 4.79 Å². The maximum absolute atomic E-state index is 12.2. The van der Waals surface area contributed by atoms with Crippen molar-refractivity contribution in [3.63, 3.8) is 0 Å². The molecule has 0 radical (unpaired) electrons. The van der Waals surface area contributed by atoms with Crippen LogP contribution in [0.5, 0.6) is 0 Å². The first-order valence-electron chi connectivity index (χ1n) is 6.30. The molecule has 1 heterocycles. The first-order valence-corrected chi connectivity index (χ1v) is 6.30. The number of hydrogen-bond donors (Lipinski definition) is 2. The molecule has 19 heavy (non-hydrogen) atoms. The van der Waals surface area contributed by atoms with Crippen molar-refractivity contribution in [3.8, 4) is 0 Å². The molecule has 0 unspecified atom stereocenters. The Morgan fingerprint density at radius 2 is 2.11 bits per heavy atom. The third-order valence-electron chi connectivity index (χ3n) is 2.89. The molecule has 5 heteroatoms. The predicted octanol–water partition coefficient (Wildman–Crippen LogP) is 1.78. The zero-order valence-electron chi connectivity index (χ0n) is 11.2. The van der Waals surface area contributed by atoms with E-state index in [4.69, 9.17) is 0 Å². The smallest absolute Gasteiger partial charge is 0.253 e. The molecule has 100 valence electrons. The monoisotopic (exact) mass is 258 g/mol. The Hall–Kier alpha value is -2.30. The summed E-state index contributed by atoms with van der Waals surface area (Å²) in [6.07, 6.45) is 1.72. The lowest BCUT2D eigenvalue weighted by molar-refractivity contribution is 0.0951. The van der Waals surface area contributed by atoms with Crippen molar-refractivity contribution in [2.75, 3.05) is 11.9 Å². The van der Waals surface area contributed by atoms with E-state index in [0.717, 1.165) is 17.9 Å². The average Bonchev–Trinajstić information content (AvgIpc) is 2.82. The fourth-order valence-corrected chi connectivity index (χ4v) is 1.87. The molecule has 0 saturated heterocycles. The van der Waals surface area contributed by atoms with E-state index >= 15 is 0 Å². The summed E-state index contributed by atoms with van der Waals surface area (Å²) in [6.45, 7) is 3.26. The van der Waals surface area contributed by atoms with Gasteiger partial charge in [0.05, 0.1) is 17.8 Å². The Bertz CT molecular complexity index is 562. The van der Waals surface area contributed by atoms with Crippen molar-refractivity contribution in [1.29, 1.82) is 0 Å². The molecule has 0 bridgehead atoms. The topological polar surface area (TPSA) is 59.0 Å². The molecule has 5 nitrogen and oxygen atoms in total. The van der Waals surface area contributed by atoms with Crippen LogP contribution in [0.15, 0.2) is 36.5 Å². The Morgan fingerprint density at radius 3 is 2.79 bits per heavy atom. The van der Waals surface area contributed by atoms with E-state index in [1.807, 2.05) is 44.3 Å². The van der Waals surface area contributed by atoms with Crippen LogP contribution in [0, 0.1) is 0 Å². The molecule has 0 atom stereocenters. The average molecular weight is 258 g/mol. The normalized spacial score (nSPS) is 10.2. The van der Waals surface area contributed by atoms with Gasteiger partial charge in [-0.25, -0.2) is 0 Å². The molecule has 0 spiro atoms. The molecule has 0 saturated carbocycles. The minimum Gasteiger partial charge on any atom is -0.385 e. The molecule has 2 aromatic rings. The molecule has 1 aromatic carbocycles. The predicted molar refractivity (Wildman–Crippen MR) is 75.0 cm³/mol. The van der Waals surface area contributed by atoms with Gasteiger partial charge in [-0.15, -0.1) is 0 Å².